The van der Waals surface area contributed by atoms with Gasteiger partial charge in [0.25, 0.3) is 0 Å². The van der Waals surface area contributed by atoms with E-state index >= 15 is 0 Å². The predicted molar refractivity (Wildman–Crippen MR) is 82.8 cm³/mol. The van der Waals surface area contributed by atoms with Crippen molar-refractivity contribution in [1.29, 1.82) is 0 Å². The van der Waals surface area contributed by atoms with E-state index in [4.69, 9.17) is 4.74 Å². The van der Waals surface area contributed by atoms with Gasteiger partial charge >= 0.3 is 6.18 Å². The summed E-state index contributed by atoms with van der Waals surface area (Å²) in [5, 5.41) is 22.4. The van der Waals surface area contributed by atoms with Crippen LogP contribution < -0.4 is 10.1 Å². The summed E-state index contributed by atoms with van der Waals surface area (Å²) in [4.78, 5) is 0. The van der Waals surface area contributed by atoms with Crippen molar-refractivity contribution in [2.24, 2.45) is 0 Å². The maximum absolute atomic E-state index is 12.6. The Morgan fingerprint density at radius 2 is 1.83 bits per heavy atom. The molecule has 0 amide bonds. The van der Waals surface area contributed by atoms with Crippen LogP contribution in [0.1, 0.15) is 11.1 Å². The third kappa shape index (κ3) is 5.43. The molecule has 0 fully saturated rings. The van der Waals surface area contributed by atoms with Crippen LogP contribution in [0.5, 0.6) is 11.5 Å². The molecule has 0 spiro atoms. The van der Waals surface area contributed by atoms with E-state index in [0.717, 1.165) is 12.1 Å². The SMILES string of the molecule is Oc1ccccc1CNCC(O)COc1cccc(C(F)(F)F)c1. The lowest BCUT2D eigenvalue weighted by molar-refractivity contribution is -0.137. The van der Waals surface area contributed by atoms with Crippen molar-refractivity contribution in [3.8, 4) is 11.5 Å². The fourth-order valence-electron chi connectivity index (χ4n) is 2.05. The first-order valence-electron chi connectivity index (χ1n) is 7.32. The average Bonchev–Trinajstić information content (AvgIpc) is 2.54. The highest BCUT2D eigenvalue weighted by Crippen LogP contribution is 2.31. The van der Waals surface area contributed by atoms with E-state index in [2.05, 4.69) is 5.32 Å². The Hall–Kier alpha value is -2.25. The molecule has 0 bridgehead atoms. The molecule has 1 unspecified atom stereocenters. The van der Waals surface area contributed by atoms with E-state index in [1.807, 2.05) is 0 Å². The van der Waals surface area contributed by atoms with Crippen molar-refractivity contribution in [3.05, 3.63) is 59.7 Å². The lowest BCUT2D eigenvalue weighted by Gasteiger charge is -2.14. The first-order chi connectivity index (χ1) is 11.4. The van der Waals surface area contributed by atoms with Crippen LogP contribution in [0.3, 0.4) is 0 Å². The zero-order chi connectivity index (χ0) is 17.6. The molecule has 2 aromatic carbocycles. The Kier molecular flexibility index (Phi) is 6.05. The number of nitrogens with one attached hydrogen (secondary N) is 1. The average molecular weight is 341 g/mol. The third-order valence-corrected chi connectivity index (χ3v) is 3.29. The van der Waals surface area contributed by atoms with E-state index in [9.17, 15) is 23.4 Å². The van der Waals surface area contributed by atoms with Gasteiger partial charge in [0.2, 0.25) is 0 Å². The van der Waals surface area contributed by atoms with Crippen molar-refractivity contribution in [1.82, 2.24) is 5.32 Å². The normalized spacial score (nSPS) is 12.8. The second kappa shape index (κ2) is 8.03. The number of hydrogen-bond donors (Lipinski definition) is 3. The predicted octanol–water partition coefficient (Wildman–Crippen LogP) is 2.94. The standard InChI is InChI=1S/C17H18F3NO3/c18-17(19,20)13-5-3-6-15(8-13)24-11-14(22)10-21-9-12-4-1-2-7-16(12)23/h1-8,14,21-23H,9-11H2. The van der Waals surface area contributed by atoms with Crippen LogP contribution in [0.2, 0.25) is 0 Å². The quantitative estimate of drug-likeness (QED) is 0.725. The molecule has 0 aliphatic heterocycles. The van der Waals surface area contributed by atoms with Gasteiger partial charge in [-0.3, -0.25) is 0 Å². The Morgan fingerprint density at radius 3 is 2.54 bits per heavy atom. The van der Waals surface area contributed by atoms with Gasteiger partial charge in [-0.1, -0.05) is 24.3 Å². The molecule has 0 heterocycles. The van der Waals surface area contributed by atoms with Crippen LogP contribution >= 0.6 is 0 Å². The lowest BCUT2D eigenvalue weighted by Crippen LogP contribution is -2.31. The van der Waals surface area contributed by atoms with Gasteiger partial charge in [-0.05, 0) is 24.3 Å². The minimum atomic E-state index is -4.43. The van der Waals surface area contributed by atoms with Crippen molar-refractivity contribution in [2.45, 2.75) is 18.8 Å². The van der Waals surface area contributed by atoms with Gasteiger partial charge in [-0.15, -0.1) is 0 Å². The van der Waals surface area contributed by atoms with E-state index in [1.54, 1.807) is 24.3 Å². The molecule has 24 heavy (non-hydrogen) atoms. The molecule has 3 N–H and O–H groups in total. The molecule has 130 valence electrons. The van der Waals surface area contributed by atoms with Gasteiger partial charge in [-0.25, -0.2) is 0 Å². The Bertz CT molecular complexity index is 662. The minimum absolute atomic E-state index is 0.0459. The molecule has 2 rings (SSSR count). The number of aliphatic hydroxyl groups excluding tert-OH is 1. The number of hydrogen-bond acceptors (Lipinski definition) is 4. The summed E-state index contributed by atoms with van der Waals surface area (Å²) >= 11 is 0. The molecule has 7 heteroatoms. The largest absolute Gasteiger partial charge is 0.508 e. The van der Waals surface area contributed by atoms with Gasteiger partial charge in [0.1, 0.15) is 24.2 Å². The number of ether oxygens (including phenoxy) is 1. The van der Waals surface area contributed by atoms with E-state index in [-0.39, 0.29) is 24.7 Å². The monoisotopic (exact) mass is 341 g/mol. The molecule has 1 atom stereocenters. The summed E-state index contributed by atoms with van der Waals surface area (Å²) in [6, 6.07) is 11.3. The summed E-state index contributed by atoms with van der Waals surface area (Å²) in [5.74, 6) is 0.198. The van der Waals surface area contributed by atoms with E-state index in [0.29, 0.717) is 12.1 Å². The molecular formula is C17H18F3NO3. The molecule has 0 aromatic heterocycles. The van der Waals surface area contributed by atoms with E-state index in [1.165, 1.54) is 12.1 Å². The highest BCUT2D eigenvalue weighted by Gasteiger charge is 2.30. The van der Waals surface area contributed by atoms with Gasteiger partial charge in [0.05, 0.1) is 5.56 Å². The molecule has 0 saturated heterocycles. The summed E-state index contributed by atoms with van der Waals surface area (Å²) in [7, 11) is 0. The maximum atomic E-state index is 12.6. The van der Waals surface area contributed by atoms with Crippen molar-refractivity contribution in [2.75, 3.05) is 13.2 Å². The number of aliphatic hydroxyl groups is 1. The van der Waals surface area contributed by atoms with Crippen molar-refractivity contribution >= 4 is 0 Å². The van der Waals surface area contributed by atoms with Crippen LogP contribution in [-0.2, 0) is 12.7 Å². The smallest absolute Gasteiger partial charge is 0.416 e. The Morgan fingerprint density at radius 1 is 1.08 bits per heavy atom. The second-order valence-electron chi connectivity index (χ2n) is 5.25. The molecule has 0 aliphatic rings. The zero-order valence-electron chi connectivity index (χ0n) is 12.8. The lowest BCUT2D eigenvalue weighted by atomic mass is 10.2. The minimum Gasteiger partial charge on any atom is -0.508 e. The number of aromatic hydroxyl groups is 1. The van der Waals surface area contributed by atoms with Gasteiger partial charge < -0.3 is 20.3 Å². The summed E-state index contributed by atoms with van der Waals surface area (Å²) in [6.07, 6.45) is -5.33. The number of halogens is 3. The Balaban J connectivity index is 1.77. The molecule has 4 nitrogen and oxygen atoms in total. The number of rotatable bonds is 7. The van der Waals surface area contributed by atoms with E-state index < -0.39 is 17.8 Å². The highest BCUT2D eigenvalue weighted by atomic mass is 19.4. The number of alkyl halides is 3. The fourth-order valence-corrected chi connectivity index (χ4v) is 2.05. The van der Waals surface area contributed by atoms with Crippen LogP contribution in [-0.4, -0.2) is 29.5 Å². The first kappa shape index (κ1) is 18.1. The van der Waals surface area contributed by atoms with Crippen LogP contribution in [0, 0.1) is 0 Å². The number of phenols is 1. The van der Waals surface area contributed by atoms with Crippen LogP contribution in [0.15, 0.2) is 48.5 Å². The second-order valence-corrected chi connectivity index (χ2v) is 5.25. The molecule has 0 radical (unpaired) electrons. The van der Waals surface area contributed by atoms with Gasteiger partial charge in [-0.2, -0.15) is 13.2 Å². The number of phenolic OH excluding ortho intramolecular Hbond substituents is 1. The first-order valence-corrected chi connectivity index (χ1v) is 7.32. The summed E-state index contributed by atoms with van der Waals surface area (Å²) < 4.78 is 43.0. The van der Waals surface area contributed by atoms with Gasteiger partial charge in [0.15, 0.2) is 0 Å². The topological polar surface area (TPSA) is 61.7 Å². The summed E-state index contributed by atoms with van der Waals surface area (Å²) in [5.41, 5.74) is -0.115. The maximum Gasteiger partial charge on any atom is 0.416 e. The zero-order valence-corrected chi connectivity index (χ0v) is 12.8. The number of benzene rings is 2. The molecule has 0 saturated carbocycles. The number of para-hydroxylation sites is 1. The van der Waals surface area contributed by atoms with Crippen molar-refractivity contribution < 1.29 is 28.1 Å². The molecular weight excluding hydrogens is 323 g/mol. The molecule has 2 aromatic rings. The highest BCUT2D eigenvalue weighted by molar-refractivity contribution is 5.31. The van der Waals surface area contributed by atoms with Crippen molar-refractivity contribution in [3.63, 3.8) is 0 Å². The fraction of sp³-hybridized carbons (Fsp3) is 0.294. The van der Waals surface area contributed by atoms with Gasteiger partial charge in [0, 0.05) is 18.7 Å². The van der Waals surface area contributed by atoms with Crippen LogP contribution in [0.25, 0.3) is 0 Å². The Labute approximate surface area is 137 Å². The summed E-state index contributed by atoms with van der Waals surface area (Å²) in [6.45, 7) is 0.385. The molecule has 0 aliphatic carbocycles. The van der Waals surface area contributed by atoms with Crippen LogP contribution in [0.4, 0.5) is 13.2 Å². The third-order valence-electron chi connectivity index (χ3n) is 3.29.